The molecule has 6 heteroatoms. The molecule has 1 unspecified atom stereocenters. The summed E-state index contributed by atoms with van der Waals surface area (Å²) in [5.41, 5.74) is -1.11. The van der Waals surface area contributed by atoms with Crippen molar-refractivity contribution < 1.29 is 14.8 Å². The fraction of sp³-hybridized carbons (Fsp3) is 0.333. The molecule has 0 radical (unpaired) electrons. The molecule has 0 saturated heterocycles. The van der Waals surface area contributed by atoms with Crippen LogP contribution >= 0.6 is 0 Å². The number of hydrogen-bond acceptors (Lipinski definition) is 4. The molecule has 18 heavy (non-hydrogen) atoms. The zero-order valence-electron chi connectivity index (χ0n) is 9.79. The van der Waals surface area contributed by atoms with Gasteiger partial charge in [-0.05, 0) is 18.9 Å². The lowest BCUT2D eigenvalue weighted by atomic mass is 9.78. The molecule has 0 aliphatic carbocycles. The van der Waals surface area contributed by atoms with Gasteiger partial charge in [0.2, 0.25) is 0 Å². The fourth-order valence-corrected chi connectivity index (χ4v) is 1.64. The molecule has 94 valence electrons. The number of aliphatic carboxylic acids is 1. The Balaban J connectivity index is 3.22. The molecule has 1 atom stereocenters. The van der Waals surface area contributed by atoms with E-state index in [0.29, 0.717) is 5.56 Å². The van der Waals surface area contributed by atoms with Crippen LogP contribution in [-0.2, 0) is 10.2 Å². The lowest BCUT2D eigenvalue weighted by Crippen LogP contribution is -2.32. The number of benzene rings is 1. The van der Waals surface area contributed by atoms with Crippen molar-refractivity contribution in [2.75, 3.05) is 0 Å². The van der Waals surface area contributed by atoms with E-state index in [-0.39, 0.29) is 18.5 Å². The smallest absolute Gasteiger partial charge is 0.313 e. The van der Waals surface area contributed by atoms with Gasteiger partial charge in [0.1, 0.15) is 0 Å². The summed E-state index contributed by atoms with van der Waals surface area (Å²) in [4.78, 5) is 21.4. The maximum atomic E-state index is 11.3. The fourth-order valence-electron chi connectivity index (χ4n) is 1.64. The Morgan fingerprint density at radius 1 is 1.61 bits per heavy atom. The van der Waals surface area contributed by atoms with Crippen LogP contribution in [0.4, 0.5) is 5.69 Å². The average Bonchev–Trinajstić information content (AvgIpc) is 2.35. The van der Waals surface area contributed by atoms with Crippen LogP contribution in [0.5, 0.6) is 0 Å². The summed E-state index contributed by atoms with van der Waals surface area (Å²) < 4.78 is 0. The minimum atomic E-state index is -1.29. The van der Waals surface area contributed by atoms with Gasteiger partial charge in [-0.1, -0.05) is 12.1 Å². The average molecular weight is 248 g/mol. The summed E-state index contributed by atoms with van der Waals surface area (Å²) >= 11 is 0. The van der Waals surface area contributed by atoms with E-state index in [2.05, 4.69) is 0 Å². The Morgan fingerprint density at radius 2 is 2.28 bits per heavy atom. The van der Waals surface area contributed by atoms with E-state index in [4.69, 9.17) is 5.26 Å². The van der Waals surface area contributed by atoms with Crippen molar-refractivity contribution in [3.63, 3.8) is 0 Å². The topological polar surface area (TPSA) is 104 Å². The van der Waals surface area contributed by atoms with Crippen molar-refractivity contribution in [3.8, 4) is 6.07 Å². The number of carboxylic acids is 1. The molecule has 0 saturated carbocycles. The molecule has 0 heterocycles. The monoisotopic (exact) mass is 248 g/mol. The van der Waals surface area contributed by atoms with Crippen molar-refractivity contribution in [1.82, 2.24) is 0 Å². The van der Waals surface area contributed by atoms with Gasteiger partial charge in [-0.2, -0.15) is 5.26 Å². The Morgan fingerprint density at radius 3 is 2.78 bits per heavy atom. The Bertz CT molecular complexity index is 521. The summed E-state index contributed by atoms with van der Waals surface area (Å²) in [6, 6.07) is 7.40. The second-order valence-electron chi connectivity index (χ2n) is 4.10. The molecule has 0 fully saturated rings. The highest BCUT2D eigenvalue weighted by Crippen LogP contribution is 2.31. The number of rotatable bonds is 5. The van der Waals surface area contributed by atoms with Gasteiger partial charge in [0.05, 0.1) is 16.4 Å². The van der Waals surface area contributed by atoms with Gasteiger partial charge < -0.3 is 5.11 Å². The van der Waals surface area contributed by atoms with Crippen LogP contribution in [0, 0.1) is 21.4 Å². The number of carboxylic acid groups (broad SMARTS) is 1. The first-order chi connectivity index (χ1) is 8.41. The van der Waals surface area contributed by atoms with Gasteiger partial charge >= 0.3 is 5.97 Å². The predicted octanol–water partition coefficient (Wildman–Crippen LogP) is 2.24. The Kier molecular flexibility index (Phi) is 4.00. The standard InChI is InChI=1S/C12H12N2O4/c1-12(11(15)16,6-3-7-13)9-4-2-5-10(8-9)14(17)18/h2,4-5,8H,3,6H2,1H3,(H,15,16). The van der Waals surface area contributed by atoms with Crippen LogP contribution in [0.2, 0.25) is 0 Å². The van der Waals surface area contributed by atoms with Crippen molar-refractivity contribution in [2.45, 2.75) is 25.2 Å². The highest BCUT2D eigenvalue weighted by Gasteiger charge is 2.35. The molecular formula is C12H12N2O4. The molecule has 0 aromatic heterocycles. The van der Waals surface area contributed by atoms with Crippen LogP contribution in [-0.4, -0.2) is 16.0 Å². The third-order valence-corrected chi connectivity index (χ3v) is 2.90. The lowest BCUT2D eigenvalue weighted by Gasteiger charge is -2.23. The predicted molar refractivity (Wildman–Crippen MR) is 62.9 cm³/mol. The first-order valence-corrected chi connectivity index (χ1v) is 5.27. The zero-order valence-corrected chi connectivity index (χ0v) is 9.79. The molecule has 0 amide bonds. The first-order valence-electron chi connectivity index (χ1n) is 5.27. The molecule has 1 aromatic rings. The van der Waals surface area contributed by atoms with Crippen molar-refractivity contribution >= 4 is 11.7 Å². The minimum Gasteiger partial charge on any atom is -0.481 e. The van der Waals surface area contributed by atoms with Gasteiger partial charge in [-0.25, -0.2) is 0 Å². The molecule has 0 bridgehead atoms. The second-order valence-corrected chi connectivity index (χ2v) is 4.10. The Labute approximate surface area is 104 Å². The van der Waals surface area contributed by atoms with Gasteiger partial charge in [0.15, 0.2) is 0 Å². The van der Waals surface area contributed by atoms with Crippen molar-refractivity contribution in [3.05, 3.63) is 39.9 Å². The van der Waals surface area contributed by atoms with Gasteiger partial charge in [-0.3, -0.25) is 14.9 Å². The van der Waals surface area contributed by atoms with Gasteiger partial charge in [0.25, 0.3) is 5.69 Å². The van der Waals surface area contributed by atoms with Gasteiger partial charge in [-0.15, -0.1) is 0 Å². The molecule has 0 aliphatic heterocycles. The van der Waals surface area contributed by atoms with Crippen molar-refractivity contribution in [1.29, 1.82) is 5.26 Å². The van der Waals surface area contributed by atoms with E-state index in [1.54, 1.807) is 0 Å². The summed E-state index contributed by atoms with van der Waals surface area (Å²) in [6.07, 6.45) is 0.186. The van der Waals surface area contributed by atoms with E-state index < -0.39 is 16.3 Å². The van der Waals surface area contributed by atoms with E-state index in [1.807, 2.05) is 6.07 Å². The number of nitriles is 1. The van der Waals surface area contributed by atoms with Crippen LogP contribution in [0.1, 0.15) is 25.3 Å². The number of non-ortho nitro benzene ring substituents is 1. The minimum absolute atomic E-state index is 0.0749. The van der Waals surface area contributed by atoms with Crippen LogP contribution < -0.4 is 0 Å². The molecule has 6 nitrogen and oxygen atoms in total. The van der Waals surface area contributed by atoms with Gasteiger partial charge in [0, 0.05) is 18.6 Å². The number of hydrogen-bond donors (Lipinski definition) is 1. The SMILES string of the molecule is CC(CCC#N)(C(=O)O)c1cccc([N+](=O)[O-])c1. The van der Waals surface area contributed by atoms with E-state index in [1.165, 1.54) is 31.2 Å². The van der Waals surface area contributed by atoms with Crippen molar-refractivity contribution in [2.24, 2.45) is 0 Å². The van der Waals surface area contributed by atoms with E-state index >= 15 is 0 Å². The second kappa shape index (κ2) is 5.27. The Hall–Kier alpha value is -2.42. The number of nitrogens with zero attached hydrogens (tertiary/aromatic N) is 2. The van der Waals surface area contributed by atoms with E-state index in [9.17, 15) is 20.0 Å². The maximum Gasteiger partial charge on any atom is 0.313 e. The number of nitro benzene ring substituents is 1. The normalized spacial score (nSPS) is 13.3. The molecule has 1 rings (SSSR count). The molecule has 0 spiro atoms. The largest absolute Gasteiger partial charge is 0.481 e. The zero-order chi connectivity index (χ0) is 13.8. The van der Waals surface area contributed by atoms with Crippen LogP contribution in [0.3, 0.4) is 0 Å². The maximum absolute atomic E-state index is 11.3. The van der Waals surface area contributed by atoms with Crippen LogP contribution in [0.25, 0.3) is 0 Å². The molecule has 1 aromatic carbocycles. The molecule has 0 aliphatic rings. The van der Waals surface area contributed by atoms with Crippen LogP contribution in [0.15, 0.2) is 24.3 Å². The third kappa shape index (κ3) is 2.63. The summed E-state index contributed by atoms with van der Waals surface area (Å²) in [6.45, 7) is 1.46. The number of carbonyl (C=O) groups is 1. The van der Waals surface area contributed by atoms with E-state index in [0.717, 1.165) is 0 Å². The highest BCUT2D eigenvalue weighted by atomic mass is 16.6. The third-order valence-electron chi connectivity index (χ3n) is 2.90. The molecular weight excluding hydrogens is 236 g/mol. The molecule has 1 N–H and O–H groups in total. The lowest BCUT2D eigenvalue weighted by molar-refractivity contribution is -0.384. The summed E-state index contributed by atoms with van der Waals surface area (Å²) in [5.74, 6) is -1.10. The number of nitro groups is 1. The highest BCUT2D eigenvalue weighted by molar-refractivity contribution is 5.81. The summed E-state index contributed by atoms with van der Waals surface area (Å²) in [7, 11) is 0. The first kappa shape index (κ1) is 13.6. The summed E-state index contributed by atoms with van der Waals surface area (Å²) in [5, 5.41) is 28.5. The quantitative estimate of drug-likeness (QED) is 0.635.